The maximum absolute atomic E-state index is 13.3. The average Bonchev–Trinajstić information content (AvgIpc) is 2.77. The van der Waals surface area contributed by atoms with E-state index in [0.717, 1.165) is 22.9 Å². The first-order valence-electron chi connectivity index (χ1n) is 9.52. The maximum atomic E-state index is 13.3. The number of hydrogen-bond donors (Lipinski definition) is 1. The van der Waals surface area contributed by atoms with Crippen LogP contribution in [0.1, 0.15) is 35.3 Å². The van der Waals surface area contributed by atoms with Crippen LogP contribution in [-0.2, 0) is 0 Å². The molecule has 0 saturated heterocycles. The van der Waals surface area contributed by atoms with Gasteiger partial charge in [0, 0.05) is 28.4 Å². The Morgan fingerprint density at radius 1 is 1.07 bits per heavy atom. The molecule has 2 heterocycles. The molecule has 5 heteroatoms. The molecule has 29 heavy (non-hydrogen) atoms. The highest BCUT2D eigenvalue weighted by Gasteiger charge is 2.18. The van der Waals surface area contributed by atoms with Gasteiger partial charge < -0.3 is 5.32 Å². The van der Waals surface area contributed by atoms with Gasteiger partial charge in [-0.2, -0.15) is 0 Å². The van der Waals surface area contributed by atoms with Gasteiger partial charge in [0.15, 0.2) is 0 Å². The molecular formula is C24H20ClN3O. The van der Waals surface area contributed by atoms with Crippen molar-refractivity contribution in [3.63, 3.8) is 0 Å². The zero-order valence-electron chi connectivity index (χ0n) is 16.0. The standard InChI is InChI=1S/C24H20ClN3O/c1-2-21(16-7-4-3-5-8-16)28-24(29)20-14-23(17-9-6-12-26-15-17)27-22-11-10-18(25)13-19(20)22/h3-15,21H,2H2,1H3,(H,28,29)/t21-/m1/s1. The summed E-state index contributed by atoms with van der Waals surface area (Å²) in [7, 11) is 0. The van der Waals surface area contributed by atoms with Crippen molar-refractivity contribution in [2.45, 2.75) is 19.4 Å². The summed E-state index contributed by atoms with van der Waals surface area (Å²) in [6.45, 7) is 2.06. The van der Waals surface area contributed by atoms with Crippen LogP contribution in [-0.4, -0.2) is 15.9 Å². The van der Waals surface area contributed by atoms with Crippen molar-refractivity contribution in [3.8, 4) is 11.3 Å². The van der Waals surface area contributed by atoms with Crippen molar-refractivity contribution in [2.24, 2.45) is 0 Å². The Morgan fingerprint density at radius 2 is 1.90 bits per heavy atom. The quantitative estimate of drug-likeness (QED) is 0.457. The molecule has 0 aliphatic heterocycles. The Bertz CT molecular complexity index is 1150. The number of nitrogens with zero attached hydrogens (tertiary/aromatic N) is 2. The van der Waals surface area contributed by atoms with Crippen molar-refractivity contribution in [2.75, 3.05) is 0 Å². The third-order valence-corrected chi connectivity index (χ3v) is 5.12. The Balaban J connectivity index is 1.78. The molecule has 1 N–H and O–H groups in total. The SMILES string of the molecule is CC[C@@H](NC(=O)c1cc(-c2cccnc2)nc2ccc(Cl)cc12)c1ccccc1. The van der Waals surface area contributed by atoms with E-state index in [-0.39, 0.29) is 11.9 Å². The molecule has 2 aromatic heterocycles. The molecule has 4 nitrogen and oxygen atoms in total. The Hall–Kier alpha value is -3.24. The van der Waals surface area contributed by atoms with Crippen LogP contribution in [0.15, 0.2) is 79.1 Å². The Kier molecular flexibility index (Phi) is 5.54. The topological polar surface area (TPSA) is 54.9 Å². The summed E-state index contributed by atoms with van der Waals surface area (Å²) >= 11 is 6.21. The Labute approximate surface area is 174 Å². The molecule has 0 spiro atoms. The second kappa shape index (κ2) is 8.41. The van der Waals surface area contributed by atoms with E-state index in [4.69, 9.17) is 16.6 Å². The van der Waals surface area contributed by atoms with Gasteiger partial charge in [-0.1, -0.05) is 48.9 Å². The number of aromatic nitrogens is 2. The molecule has 4 aromatic rings. The van der Waals surface area contributed by atoms with E-state index >= 15 is 0 Å². The molecule has 1 atom stereocenters. The predicted octanol–water partition coefficient (Wildman–Crippen LogP) is 5.83. The van der Waals surface area contributed by atoms with Crippen LogP contribution < -0.4 is 5.32 Å². The third kappa shape index (κ3) is 4.13. The van der Waals surface area contributed by atoms with Gasteiger partial charge in [0.25, 0.3) is 5.91 Å². The minimum atomic E-state index is -0.152. The fraction of sp³-hybridized carbons (Fsp3) is 0.125. The highest BCUT2D eigenvalue weighted by atomic mass is 35.5. The highest BCUT2D eigenvalue weighted by Crippen LogP contribution is 2.27. The van der Waals surface area contributed by atoms with Gasteiger partial charge in [-0.3, -0.25) is 9.78 Å². The van der Waals surface area contributed by atoms with Crippen molar-refractivity contribution in [1.29, 1.82) is 0 Å². The van der Waals surface area contributed by atoms with E-state index in [1.165, 1.54) is 0 Å². The lowest BCUT2D eigenvalue weighted by molar-refractivity contribution is 0.0937. The first-order valence-corrected chi connectivity index (χ1v) is 9.90. The van der Waals surface area contributed by atoms with Crippen LogP contribution in [0, 0.1) is 0 Å². The van der Waals surface area contributed by atoms with E-state index in [2.05, 4.69) is 17.2 Å². The second-order valence-electron chi connectivity index (χ2n) is 6.80. The zero-order valence-corrected chi connectivity index (χ0v) is 16.7. The predicted molar refractivity (Wildman–Crippen MR) is 117 cm³/mol. The van der Waals surface area contributed by atoms with Gasteiger partial charge in [0.05, 0.1) is 22.8 Å². The van der Waals surface area contributed by atoms with Crippen molar-refractivity contribution in [1.82, 2.24) is 15.3 Å². The first kappa shape index (κ1) is 19.1. The lowest BCUT2D eigenvalue weighted by Crippen LogP contribution is -2.28. The van der Waals surface area contributed by atoms with Gasteiger partial charge in [0.2, 0.25) is 0 Å². The van der Waals surface area contributed by atoms with Crippen LogP contribution in [0.25, 0.3) is 22.2 Å². The average molecular weight is 402 g/mol. The molecule has 0 aliphatic carbocycles. The van der Waals surface area contributed by atoms with Crippen LogP contribution in [0.4, 0.5) is 0 Å². The van der Waals surface area contributed by atoms with Crippen LogP contribution in [0.3, 0.4) is 0 Å². The molecule has 0 bridgehead atoms. The van der Waals surface area contributed by atoms with Gasteiger partial charge in [0.1, 0.15) is 0 Å². The molecular weight excluding hydrogens is 382 g/mol. The molecule has 0 unspecified atom stereocenters. The molecule has 0 fully saturated rings. The van der Waals surface area contributed by atoms with E-state index in [9.17, 15) is 4.79 Å². The van der Waals surface area contributed by atoms with E-state index in [1.54, 1.807) is 24.5 Å². The smallest absolute Gasteiger partial charge is 0.252 e. The number of carbonyl (C=O) groups excluding carboxylic acids is 1. The molecule has 0 radical (unpaired) electrons. The van der Waals surface area contributed by atoms with E-state index in [0.29, 0.717) is 21.8 Å². The first-order chi connectivity index (χ1) is 14.2. The van der Waals surface area contributed by atoms with Crippen LogP contribution in [0.5, 0.6) is 0 Å². The number of hydrogen-bond acceptors (Lipinski definition) is 3. The lowest BCUT2D eigenvalue weighted by atomic mass is 10.0. The number of benzene rings is 2. The fourth-order valence-electron chi connectivity index (χ4n) is 3.39. The molecule has 0 saturated carbocycles. The summed E-state index contributed by atoms with van der Waals surface area (Å²) in [5, 5.41) is 4.46. The Morgan fingerprint density at radius 3 is 2.62 bits per heavy atom. The second-order valence-corrected chi connectivity index (χ2v) is 7.24. The van der Waals surface area contributed by atoms with Gasteiger partial charge in [-0.05, 0) is 48.4 Å². The molecule has 2 aromatic carbocycles. The van der Waals surface area contributed by atoms with Crippen molar-refractivity contribution < 1.29 is 4.79 Å². The van der Waals surface area contributed by atoms with E-state index in [1.807, 2.05) is 54.6 Å². The maximum Gasteiger partial charge on any atom is 0.252 e. The molecule has 4 rings (SSSR count). The van der Waals surface area contributed by atoms with E-state index < -0.39 is 0 Å². The molecule has 0 aliphatic rings. The molecule has 144 valence electrons. The summed E-state index contributed by atoms with van der Waals surface area (Å²) in [4.78, 5) is 22.2. The van der Waals surface area contributed by atoms with Gasteiger partial charge in [-0.15, -0.1) is 0 Å². The number of nitrogens with one attached hydrogen (secondary N) is 1. The summed E-state index contributed by atoms with van der Waals surface area (Å²) in [5.41, 5.74) is 3.89. The van der Waals surface area contributed by atoms with Gasteiger partial charge >= 0.3 is 0 Å². The number of amides is 1. The van der Waals surface area contributed by atoms with Gasteiger partial charge in [-0.25, -0.2) is 4.98 Å². The number of pyridine rings is 2. The largest absolute Gasteiger partial charge is 0.345 e. The monoisotopic (exact) mass is 401 g/mol. The number of rotatable bonds is 5. The summed E-state index contributed by atoms with van der Waals surface area (Å²) < 4.78 is 0. The van der Waals surface area contributed by atoms with Crippen molar-refractivity contribution >= 4 is 28.4 Å². The minimum absolute atomic E-state index is 0.0760. The summed E-state index contributed by atoms with van der Waals surface area (Å²) in [6, 6.07) is 20.9. The number of fused-ring (bicyclic) bond motifs is 1. The normalized spacial score (nSPS) is 11.9. The zero-order chi connectivity index (χ0) is 20.2. The number of halogens is 1. The lowest BCUT2D eigenvalue weighted by Gasteiger charge is -2.18. The molecule has 1 amide bonds. The third-order valence-electron chi connectivity index (χ3n) is 4.89. The summed E-state index contributed by atoms with van der Waals surface area (Å²) in [6.07, 6.45) is 4.24. The van der Waals surface area contributed by atoms with Crippen LogP contribution >= 0.6 is 11.6 Å². The highest BCUT2D eigenvalue weighted by molar-refractivity contribution is 6.31. The number of carbonyl (C=O) groups is 1. The van der Waals surface area contributed by atoms with Crippen LogP contribution in [0.2, 0.25) is 5.02 Å². The fourth-order valence-corrected chi connectivity index (χ4v) is 3.56. The minimum Gasteiger partial charge on any atom is -0.345 e. The van der Waals surface area contributed by atoms with Crippen molar-refractivity contribution in [3.05, 3.63) is 95.3 Å². The summed E-state index contributed by atoms with van der Waals surface area (Å²) in [5.74, 6) is -0.152.